The molecule has 0 aromatic rings. The van der Waals surface area contributed by atoms with Crippen LogP contribution in [0.4, 0.5) is 0 Å². The molecule has 0 saturated heterocycles. The first-order valence-corrected chi connectivity index (χ1v) is 6.68. The fraction of sp³-hybridized carbons (Fsp3) is 0.833. The summed E-state index contributed by atoms with van der Waals surface area (Å²) in [6, 6.07) is -0.899. The third kappa shape index (κ3) is 11.6. The summed E-state index contributed by atoms with van der Waals surface area (Å²) in [4.78, 5) is 21.9. The number of carbonyl (C=O) groups excluding carboxylic acids is 1. The summed E-state index contributed by atoms with van der Waals surface area (Å²) in [5.41, 5.74) is 5.31. The molecule has 140 valence electrons. The van der Waals surface area contributed by atoms with Crippen molar-refractivity contribution in [3.05, 3.63) is 0 Å². The van der Waals surface area contributed by atoms with Gasteiger partial charge in [0.05, 0.1) is 13.2 Å². The minimum Gasteiger partial charge on any atom is -0.480 e. The van der Waals surface area contributed by atoms with E-state index in [1.807, 2.05) is 0 Å². The van der Waals surface area contributed by atoms with Gasteiger partial charge in [-0.25, -0.2) is 0 Å². The topological polar surface area (TPSA) is 173 Å². The summed E-state index contributed by atoms with van der Waals surface area (Å²) in [6.07, 6.45) is -3.59. The highest BCUT2D eigenvalue weighted by atomic mass is 35.5. The molecule has 0 aliphatic carbocycles. The van der Waals surface area contributed by atoms with Gasteiger partial charge < -0.3 is 36.6 Å². The molecule has 0 saturated carbocycles. The number of halogens is 2. The highest BCUT2D eigenvalue weighted by molar-refractivity contribution is 5.86. The number of nitrogens with two attached hydrogens (primary N) is 1. The molecule has 4 unspecified atom stereocenters. The first-order chi connectivity index (χ1) is 9.81. The normalized spacial score (nSPS) is 15.5. The highest BCUT2D eigenvalue weighted by Crippen LogP contribution is 2.01. The Kier molecular flexibility index (Phi) is 17.9. The maximum atomic E-state index is 11.5. The van der Waals surface area contributed by atoms with Gasteiger partial charge in [-0.15, -0.1) is 24.8 Å². The number of aliphatic carboxylic acids is 1. The van der Waals surface area contributed by atoms with Crippen molar-refractivity contribution in [1.29, 1.82) is 0 Å². The van der Waals surface area contributed by atoms with Gasteiger partial charge in [-0.3, -0.25) is 9.59 Å². The summed E-state index contributed by atoms with van der Waals surface area (Å²) in [6.45, 7) is -0.548. The molecular weight excluding hydrogens is 355 g/mol. The quantitative estimate of drug-likeness (QED) is 0.183. The minimum absolute atomic E-state index is 0. The molecule has 0 aliphatic heterocycles. The van der Waals surface area contributed by atoms with Crippen LogP contribution in [0.15, 0.2) is 0 Å². The largest absolute Gasteiger partial charge is 0.480 e. The Morgan fingerprint density at radius 2 is 1.65 bits per heavy atom. The summed E-state index contributed by atoms with van der Waals surface area (Å²) in [5.74, 6) is -1.77. The highest BCUT2D eigenvalue weighted by Gasteiger charge is 2.29. The van der Waals surface area contributed by atoms with Crippen LogP contribution >= 0.6 is 24.8 Å². The fourth-order valence-electron chi connectivity index (χ4n) is 1.56. The van der Waals surface area contributed by atoms with Gasteiger partial charge >= 0.3 is 5.97 Å². The maximum Gasteiger partial charge on any atom is 0.320 e. The van der Waals surface area contributed by atoms with E-state index in [2.05, 4.69) is 5.32 Å². The van der Waals surface area contributed by atoms with E-state index in [4.69, 9.17) is 21.1 Å². The Morgan fingerprint density at radius 1 is 1.09 bits per heavy atom. The summed E-state index contributed by atoms with van der Waals surface area (Å²) >= 11 is 0. The third-order valence-electron chi connectivity index (χ3n) is 2.97. The molecule has 0 rings (SSSR count). The van der Waals surface area contributed by atoms with Crippen LogP contribution < -0.4 is 11.1 Å². The maximum absolute atomic E-state index is 11.5. The van der Waals surface area contributed by atoms with Crippen molar-refractivity contribution in [3.8, 4) is 0 Å². The molecule has 9 nitrogen and oxygen atoms in total. The second-order valence-electron chi connectivity index (χ2n) is 4.77. The molecular formula is C12H26Cl2N2O7. The van der Waals surface area contributed by atoms with Gasteiger partial charge in [0, 0.05) is 0 Å². The van der Waals surface area contributed by atoms with E-state index in [0.29, 0.717) is 25.8 Å². The average molecular weight is 381 g/mol. The van der Waals surface area contributed by atoms with Crippen LogP contribution in [0, 0.1) is 0 Å². The number of hydrogen-bond donors (Lipinski definition) is 7. The standard InChI is InChI=1S/C12H24N2O7.2ClH/c13-7(12(20)21)3-1-2-4-14-5-8(16)10(18)11(19)9(17)6-15;;/h7,9-11,14-15,17-19H,1-6,13H2,(H,20,21);2*1H. The van der Waals surface area contributed by atoms with Crippen LogP contribution in [0.2, 0.25) is 0 Å². The van der Waals surface area contributed by atoms with E-state index in [1.54, 1.807) is 0 Å². The predicted octanol–water partition coefficient (Wildman–Crippen LogP) is -2.35. The van der Waals surface area contributed by atoms with Crippen molar-refractivity contribution < 1.29 is 35.1 Å². The molecule has 0 fully saturated rings. The zero-order chi connectivity index (χ0) is 16.4. The van der Waals surface area contributed by atoms with Crippen LogP contribution in [-0.2, 0) is 9.59 Å². The van der Waals surface area contributed by atoms with Gasteiger partial charge in [0.1, 0.15) is 24.4 Å². The van der Waals surface area contributed by atoms with Gasteiger partial charge in [-0.05, 0) is 19.4 Å². The van der Waals surface area contributed by atoms with E-state index in [-0.39, 0.29) is 31.4 Å². The average Bonchev–Trinajstić information content (AvgIpc) is 2.47. The number of hydrogen-bond acceptors (Lipinski definition) is 8. The molecule has 0 spiro atoms. The molecule has 8 N–H and O–H groups in total. The zero-order valence-electron chi connectivity index (χ0n) is 12.5. The van der Waals surface area contributed by atoms with Crippen molar-refractivity contribution in [2.24, 2.45) is 5.73 Å². The lowest BCUT2D eigenvalue weighted by atomic mass is 10.0. The first-order valence-electron chi connectivity index (χ1n) is 6.68. The number of carboxylic acid groups (broad SMARTS) is 1. The first kappa shape index (κ1) is 27.3. The van der Waals surface area contributed by atoms with E-state index >= 15 is 0 Å². The van der Waals surface area contributed by atoms with Crippen LogP contribution in [0.3, 0.4) is 0 Å². The van der Waals surface area contributed by atoms with Crippen molar-refractivity contribution >= 4 is 36.6 Å². The van der Waals surface area contributed by atoms with Gasteiger partial charge in [-0.1, -0.05) is 6.42 Å². The summed E-state index contributed by atoms with van der Waals surface area (Å²) < 4.78 is 0. The molecule has 4 atom stereocenters. The number of carbonyl (C=O) groups is 2. The smallest absolute Gasteiger partial charge is 0.320 e. The van der Waals surface area contributed by atoms with Crippen LogP contribution in [0.5, 0.6) is 0 Å². The second-order valence-corrected chi connectivity index (χ2v) is 4.77. The van der Waals surface area contributed by atoms with Crippen LogP contribution in [-0.4, -0.2) is 81.3 Å². The second kappa shape index (κ2) is 15.0. The third-order valence-corrected chi connectivity index (χ3v) is 2.97. The molecule has 0 radical (unpaired) electrons. The van der Waals surface area contributed by atoms with E-state index in [0.717, 1.165) is 0 Å². The number of aliphatic hydroxyl groups is 4. The lowest BCUT2D eigenvalue weighted by molar-refractivity contribution is -0.139. The molecule has 0 aromatic carbocycles. The van der Waals surface area contributed by atoms with Crippen LogP contribution in [0.25, 0.3) is 0 Å². The van der Waals surface area contributed by atoms with Crippen molar-refractivity contribution in [2.45, 2.75) is 43.6 Å². The van der Waals surface area contributed by atoms with Gasteiger partial charge in [0.2, 0.25) is 0 Å². The van der Waals surface area contributed by atoms with E-state index < -0.39 is 42.7 Å². The van der Waals surface area contributed by atoms with Crippen LogP contribution in [0.1, 0.15) is 19.3 Å². The van der Waals surface area contributed by atoms with E-state index in [9.17, 15) is 19.8 Å². The van der Waals surface area contributed by atoms with Crippen molar-refractivity contribution in [3.63, 3.8) is 0 Å². The molecule has 0 heterocycles. The van der Waals surface area contributed by atoms with Crippen molar-refractivity contribution in [2.75, 3.05) is 19.7 Å². The number of rotatable bonds is 12. The Morgan fingerprint density at radius 3 is 2.13 bits per heavy atom. The van der Waals surface area contributed by atoms with Gasteiger partial charge in [0.15, 0.2) is 5.78 Å². The number of ketones is 1. The molecule has 11 heteroatoms. The SMILES string of the molecule is Cl.Cl.NC(CCCCNCC(=O)C(O)C(O)C(O)CO)C(=O)O. The Balaban J connectivity index is -0.00000200. The zero-order valence-corrected chi connectivity index (χ0v) is 14.1. The molecule has 0 bridgehead atoms. The minimum atomic E-state index is -1.78. The van der Waals surface area contributed by atoms with Gasteiger partial charge in [0.25, 0.3) is 0 Å². The summed E-state index contributed by atoms with van der Waals surface area (Å²) in [5, 5.41) is 47.7. The monoisotopic (exact) mass is 380 g/mol. The lowest BCUT2D eigenvalue weighted by Crippen LogP contribution is -2.46. The van der Waals surface area contributed by atoms with E-state index in [1.165, 1.54) is 0 Å². The number of nitrogens with one attached hydrogen (secondary N) is 1. The number of aliphatic hydroxyl groups excluding tert-OH is 4. The molecule has 23 heavy (non-hydrogen) atoms. The lowest BCUT2D eigenvalue weighted by Gasteiger charge is -2.20. The predicted molar refractivity (Wildman–Crippen MR) is 86.9 cm³/mol. The molecule has 0 amide bonds. The summed E-state index contributed by atoms with van der Waals surface area (Å²) in [7, 11) is 0. The van der Waals surface area contributed by atoms with Gasteiger partial charge in [-0.2, -0.15) is 0 Å². The number of carboxylic acids is 1. The Bertz CT molecular complexity index is 337. The molecule has 0 aromatic heterocycles. The fourth-order valence-corrected chi connectivity index (χ4v) is 1.56. The Hall–Kier alpha value is -0.520. The number of unbranched alkanes of at least 4 members (excludes halogenated alkanes) is 1. The number of Topliss-reactive ketones (excluding diaryl/α,β-unsaturated/α-hetero) is 1. The Labute approximate surface area is 146 Å². The van der Waals surface area contributed by atoms with Crippen molar-refractivity contribution in [1.82, 2.24) is 5.32 Å². The molecule has 0 aliphatic rings.